The number of pyridine rings is 1. The lowest BCUT2D eigenvalue weighted by molar-refractivity contribution is -0.129. The van der Waals surface area contributed by atoms with Crippen LogP contribution < -0.4 is 0 Å². The van der Waals surface area contributed by atoms with E-state index in [9.17, 15) is 4.79 Å². The van der Waals surface area contributed by atoms with Gasteiger partial charge in [-0.25, -0.2) is 0 Å². The molecule has 0 saturated carbocycles. The van der Waals surface area contributed by atoms with E-state index in [1.165, 1.54) is 0 Å². The summed E-state index contributed by atoms with van der Waals surface area (Å²) in [5.74, 6) is 0.128. The topological polar surface area (TPSA) is 33.2 Å². The number of carbonyl (C=O) groups excluding carboxylic acids is 1. The van der Waals surface area contributed by atoms with Gasteiger partial charge in [-0.15, -0.1) is 11.8 Å². The lowest BCUT2D eigenvalue weighted by atomic mass is 10.2. The molecule has 0 aliphatic rings. The molecule has 3 nitrogen and oxygen atoms in total. The van der Waals surface area contributed by atoms with E-state index in [1.54, 1.807) is 29.1 Å². The lowest BCUT2D eigenvalue weighted by Gasteiger charge is -2.21. The molecular formula is C16H18N2OS. The second kappa shape index (κ2) is 7.10. The van der Waals surface area contributed by atoms with Gasteiger partial charge in [0.1, 0.15) is 0 Å². The molecule has 0 spiro atoms. The van der Waals surface area contributed by atoms with Crippen molar-refractivity contribution in [1.29, 1.82) is 0 Å². The van der Waals surface area contributed by atoms with Gasteiger partial charge in [0, 0.05) is 30.9 Å². The maximum atomic E-state index is 12.3. The molecule has 0 saturated heterocycles. The molecule has 1 atom stereocenters. The summed E-state index contributed by atoms with van der Waals surface area (Å²) >= 11 is 1.58. The van der Waals surface area contributed by atoms with E-state index < -0.39 is 0 Å². The fourth-order valence-corrected chi connectivity index (χ4v) is 2.91. The summed E-state index contributed by atoms with van der Waals surface area (Å²) in [7, 11) is 1.83. The zero-order chi connectivity index (χ0) is 14.4. The number of rotatable bonds is 5. The third-order valence-corrected chi connectivity index (χ3v) is 4.02. The van der Waals surface area contributed by atoms with Gasteiger partial charge < -0.3 is 4.90 Å². The average Bonchev–Trinajstić information content (AvgIpc) is 2.48. The minimum atomic E-state index is -0.0981. The third-order valence-electron chi connectivity index (χ3n) is 2.92. The molecule has 0 radical (unpaired) electrons. The molecule has 4 heteroatoms. The molecule has 1 aromatic carbocycles. The molecule has 2 rings (SSSR count). The molecule has 20 heavy (non-hydrogen) atoms. The molecule has 0 aliphatic carbocycles. The van der Waals surface area contributed by atoms with Crippen LogP contribution >= 0.6 is 11.8 Å². The van der Waals surface area contributed by atoms with E-state index in [1.807, 2.05) is 56.4 Å². The van der Waals surface area contributed by atoms with Crippen molar-refractivity contribution in [2.45, 2.75) is 23.6 Å². The Morgan fingerprint density at radius 2 is 2.00 bits per heavy atom. The second-order valence-corrected chi connectivity index (χ2v) is 6.04. The Labute approximate surface area is 124 Å². The highest BCUT2D eigenvalue weighted by Crippen LogP contribution is 2.24. The number of hydrogen-bond acceptors (Lipinski definition) is 3. The van der Waals surface area contributed by atoms with E-state index in [-0.39, 0.29) is 11.2 Å². The van der Waals surface area contributed by atoms with Crippen molar-refractivity contribution < 1.29 is 4.79 Å². The van der Waals surface area contributed by atoms with Crippen LogP contribution in [0.1, 0.15) is 12.5 Å². The van der Waals surface area contributed by atoms with Gasteiger partial charge in [0.15, 0.2) is 0 Å². The number of carbonyl (C=O) groups is 1. The maximum absolute atomic E-state index is 12.3. The van der Waals surface area contributed by atoms with Crippen molar-refractivity contribution in [2.75, 3.05) is 7.05 Å². The smallest absolute Gasteiger partial charge is 0.235 e. The van der Waals surface area contributed by atoms with Gasteiger partial charge in [-0.3, -0.25) is 9.78 Å². The van der Waals surface area contributed by atoms with Gasteiger partial charge in [-0.05, 0) is 30.7 Å². The van der Waals surface area contributed by atoms with Crippen molar-refractivity contribution in [1.82, 2.24) is 9.88 Å². The zero-order valence-electron chi connectivity index (χ0n) is 11.7. The molecule has 0 fully saturated rings. The largest absolute Gasteiger partial charge is 0.340 e. The molecule has 104 valence electrons. The molecule has 1 heterocycles. The molecule has 0 aliphatic heterocycles. The third kappa shape index (κ3) is 4.10. The first kappa shape index (κ1) is 14.6. The van der Waals surface area contributed by atoms with Crippen LogP contribution in [0, 0.1) is 0 Å². The van der Waals surface area contributed by atoms with Crippen molar-refractivity contribution in [3.8, 4) is 0 Å². The second-order valence-electron chi connectivity index (χ2n) is 4.63. The van der Waals surface area contributed by atoms with Crippen LogP contribution in [0.2, 0.25) is 0 Å². The Hall–Kier alpha value is -1.81. The Morgan fingerprint density at radius 1 is 1.25 bits per heavy atom. The number of hydrogen-bond donors (Lipinski definition) is 0. The van der Waals surface area contributed by atoms with Crippen LogP contribution in [0.25, 0.3) is 0 Å². The highest BCUT2D eigenvalue weighted by molar-refractivity contribution is 8.00. The van der Waals surface area contributed by atoms with Crippen LogP contribution in [0.3, 0.4) is 0 Å². The number of amides is 1. The van der Waals surface area contributed by atoms with Gasteiger partial charge in [-0.1, -0.05) is 24.3 Å². The minimum absolute atomic E-state index is 0.0981. The number of benzene rings is 1. The van der Waals surface area contributed by atoms with Crippen LogP contribution in [0.15, 0.2) is 59.8 Å². The predicted octanol–water partition coefficient (Wildman–Crippen LogP) is 3.22. The van der Waals surface area contributed by atoms with Crippen LogP contribution in [0.4, 0.5) is 0 Å². The first-order valence-electron chi connectivity index (χ1n) is 6.52. The van der Waals surface area contributed by atoms with Gasteiger partial charge in [0.2, 0.25) is 5.91 Å². The molecular weight excluding hydrogens is 268 g/mol. The number of nitrogens with zero attached hydrogens (tertiary/aromatic N) is 2. The number of aromatic nitrogens is 1. The van der Waals surface area contributed by atoms with Crippen molar-refractivity contribution in [2.24, 2.45) is 0 Å². The minimum Gasteiger partial charge on any atom is -0.340 e. The first-order chi connectivity index (χ1) is 9.66. The van der Waals surface area contributed by atoms with Crippen molar-refractivity contribution in [3.63, 3.8) is 0 Å². The maximum Gasteiger partial charge on any atom is 0.235 e. The predicted molar refractivity (Wildman–Crippen MR) is 82.5 cm³/mol. The van der Waals surface area contributed by atoms with E-state index in [0.717, 1.165) is 10.5 Å². The molecule has 0 bridgehead atoms. The van der Waals surface area contributed by atoms with Gasteiger partial charge in [-0.2, -0.15) is 0 Å². The van der Waals surface area contributed by atoms with E-state index in [2.05, 4.69) is 4.98 Å². The lowest BCUT2D eigenvalue weighted by Crippen LogP contribution is -2.32. The van der Waals surface area contributed by atoms with E-state index in [4.69, 9.17) is 0 Å². The highest BCUT2D eigenvalue weighted by Gasteiger charge is 2.18. The monoisotopic (exact) mass is 286 g/mol. The summed E-state index contributed by atoms with van der Waals surface area (Å²) in [5, 5.41) is -0.0981. The Bertz CT molecular complexity index is 495. The molecule has 1 amide bonds. The Morgan fingerprint density at radius 3 is 2.65 bits per heavy atom. The van der Waals surface area contributed by atoms with Crippen LogP contribution in [-0.2, 0) is 11.3 Å². The average molecular weight is 286 g/mol. The van der Waals surface area contributed by atoms with Crippen LogP contribution in [-0.4, -0.2) is 28.1 Å². The molecule has 1 aromatic heterocycles. The molecule has 0 unspecified atom stereocenters. The summed E-state index contributed by atoms with van der Waals surface area (Å²) < 4.78 is 0. The van der Waals surface area contributed by atoms with Crippen molar-refractivity contribution in [3.05, 3.63) is 60.4 Å². The normalized spacial score (nSPS) is 11.9. The highest BCUT2D eigenvalue weighted by atomic mass is 32.2. The van der Waals surface area contributed by atoms with Crippen LogP contribution in [0.5, 0.6) is 0 Å². The fourth-order valence-electron chi connectivity index (χ4n) is 1.91. The van der Waals surface area contributed by atoms with Gasteiger partial charge in [0.25, 0.3) is 0 Å². The summed E-state index contributed by atoms with van der Waals surface area (Å²) in [4.78, 5) is 19.3. The fraction of sp³-hybridized carbons (Fsp3) is 0.250. The molecule has 2 aromatic rings. The summed E-state index contributed by atoms with van der Waals surface area (Å²) in [6.07, 6.45) is 3.53. The van der Waals surface area contributed by atoms with Crippen molar-refractivity contribution >= 4 is 17.7 Å². The SMILES string of the molecule is C[C@@H](Sc1ccccc1)C(=O)N(C)Cc1cccnc1. The zero-order valence-corrected chi connectivity index (χ0v) is 12.5. The quantitative estimate of drug-likeness (QED) is 0.791. The summed E-state index contributed by atoms with van der Waals surface area (Å²) in [6, 6.07) is 13.9. The molecule has 0 N–H and O–H groups in total. The first-order valence-corrected chi connectivity index (χ1v) is 7.40. The standard InChI is InChI=1S/C16H18N2OS/c1-13(20-15-8-4-3-5-9-15)16(19)18(2)12-14-7-6-10-17-11-14/h3-11,13H,12H2,1-2H3/t13-/m1/s1. The Balaban J connectivity index is 1.93. The number of thioether (sulfide) groups is 1. The Kier molecular flexibility index (Phi) is 5.18. The summed E-state index contributed by atoms with van der Waals surface area (Å²) in [6.45, 7) is 2.53. The van der Waals surface area contributed by atoms with Gasteiger partial charge >= 0.3 is 0 Å². The van der Waals surface area contributed by atoms with E-state index in [0.29, 0.717) is 6.54 Å². The summed E-state index contributed by atoms with van der Waals surface area (Å²) in [5.41, 5.74) is 1.04. The van der Waals surface area contributed by atoms with Gasteiger partial charge in [0.05, 0.1) is 5.25 Å². The van der Waals surface area contributed by atoms with E-state index >= 15 is 0 Å².